The molecule has 0 saturated heterocycles. The minimum atomic E-state index is -0.438. The van der Waals surface area contributed by atoms with Gasteiger partial charge in [-0.05, 0) is 36.5 Å². The number of benzene rings is 1. The van der Waals surface area contributed by atoms with Gasteiger partial charge in [0.2, 0.25) is 0 Å². The number of hydrogen-bond acceptors (Lipinski definition) is 2. The van der Waals surface area contributed by atoms with Crippen molar-refractivity contribution in [3.63, 3.8) is 0 Å². The average molecular weight is 244 g/mol. The van der Waals surface area contributed by atoms with Crippen LogP contribution in [0.3, 0.4) is 0 Å². The monoisotopic (exact) mass is 244 g/mol. The van der Waals surface area contributed by atoms with Crippen LogP contribution >= 0.6 is 0 Å². The summed E-state index contributed by atoms with van der Waals surface area (Å²) in [5.41, 5.74) is 2.89. The molecule has 18 heavy (non-hydrogen) atoms. The van der Waals surface area contributed by atoms with Gasteiger partial charge in [0.15, 0.2) is 5.78 Å². The van der Waals surface area contributed by atoms with Crippen molar-refractivity contribution in [1.29, 1.82) is 0 Å². The summed E-state index contributed by atoms with van der Waals surface area (Å²) in [6.07, 6.45) is 3.37. The van der Waals surface area contributed by atoms with Crippen LogP contribution in [0.5, 0.6) is 0 Å². The predicted molar refractivity (Wildman–Crippen MR) is 71.9 cm³/mol. The lowest BCUT2D eigenvalue weighted by molar-refractivity contribution is -0.125. The van der Waals surface area contributed by atoms with Crippen molar-refractivity contribution in [2.24, 2.45) is 5.41 Å². The summed E-state index contributed by atoms with van der Waals surface area (Å²) in [6.45, 7) is 5.56. The van der Waals surface area contributed by atoms with Gasteiger partial charge in [-0.1, -0.05) is 32.9 Å². The van der Waals surface area contributed by atoms with Gasteiger partial charge in [-0.15, -0.1) is 0 Å². The van der Waals surface area contributed by atoms with Crippen molar-refractivity contribution in [3.05, 3.63) is 34.9 Å². The van der Waals surface area contributed by atoms with Crippen molar-refractivity contribution in [2.45, 2.75) is 46.5 Å². The van der Waals surface area contributed by atoms with Crippen LogP contribution in [-0.4, -0.2) is 11.6 Å². The van der Waals surface area contributed by atoms with Gasteiger partial charge in [-0.2, -0.15) is 0 Å². The van der Waals surface area contributed by atoms with E-state index in [4.69, 9.17) is 0 Å². The Labute approximate surface area is 108 Å². The number of carbonyl (C=O) groups excluding carboxylic acids is 2. The third-order valence-corrected chi connectivity index (χ3v) is 3.58. The van der Waals surface area contributed by atoms with Crippen molar-refractivity contribution < 1.29 is 9.59 Å². The maximum Gasteiger partial charge on any atom is 0.170 e. The molecule has 0 bridgehead atoms. The van der Waals surface area contributed by atoms with Crippen LogP contribution in [-0.2, 0) is 17.6 Å². The van der Waals surface area contributed by atoms with Crippen molar-refractivity contribution in [1.82, 2.24) is 0 Å². The highest BCUT2D eigenvalue weighted by molar-refractivity contribution is 6.09. The zero-order valence-electron chi connectivity index (χ0n) is 11.4. The minimum Gasteiger partial charge on any atom is -0.299 e. The first-order chi connectivity index (χ1) is 8.38. The van der Waals surface area contributed by atoms with E-state index in [-0.39, 0.29) is 18.0 Å². The number of Topliss-reactive ketones (excluding diaryl/α,β-unsaturated/α-hetero) is 2. The molecule has 0 aromatic heterocycles. The molecule has 0 atom stereocenters. The van der Waals surface area contributed by atoms with Crippen LogP contribution in [0.25, 0.3) is 0 Å². The minimum absolute atomic E-state index is 0.00741. The summed E-state index contributed by atoms with van der Waals surface area (Å²) in [5, 5.41) is 0. The lowest BCUT2D eigenvalue weighted by Gasteiger charge is -2.15. The molecule has 2 heteroatoms. The number of aryl methyl sites for hydroxylation is 2. The molecule has 1 aliphatic rings. The van der Waals surface area contributed by atoms with E-state index in [0.717, 1.165) is 12.8 Å². The summed E-state index contributed by atoms with van der Waals surface area (Å²) in [6, 6.07) is 5.88. The fourth-order valence-electron chi connectivity index (χ4n) is 2.26. The zero-order chi connectivity index (χ0) is 13.3. The number of hydrogen-bond donors (Lipinski definition) is 0. The topological polar surface area (TPSA) is 34.1 Å². The SMILES string of the molecule is CC(C)(C)C(=O)CC(=O)c1ccc2c(c1)CCC2. The van der Waals surface area contributed by atoms with Crippen molar-refractivity contribution in [3.8, 4) is 0 Å². The summed E-state index contributed by atoms with van der Waals surface area (Å²) in [4.78, 5) is 23.9. The molecule has 0 radical (unpaired) electrons. The van der Waals surface area contributed by atoms with Gasteiger partial charge >= 0.3 is 0 Å². The third kappa shape index (κ3) is 2.69. The van der Waals surface area contributed by atoms with Crippen LogP contribution in [0.4, 0.5) is 0 Å². The Morgan fingerprint density at radius 1 is 1.11 bits per heavy atom. The van der Waals surface area contributed by atoms with Crippen LogP contribution in [0.1, 0.15) is 55.1 Å². The highest BCUT2D eigenvalue weighted by atomic mass is 16.1. The molecule has 1 aliphatic carbocycles. The number of ketones is 2. The largest absolute Gasteiger partial charge is 0.299 e. The first kappa shape index (κ1) is 13.0. The molecule has 1 aromatic carbocycles. The summed E-state index contributed by atoms with van der Waals surface area (Å²) in [5.74, 6) is -0.0439. The molecule has 0 fully saturated rings. The molecular formula is C16H20O2. The maximum absolute atomic E-state index is 12.1. The second-order valence-corrected chi connectivity index (χ2v) is 6.11. The van der Waals surface area contributed by atoms with E-state index in [0.29, 0.717) is 5.56 Å². The molecule has 0 unspecified atom stereocenters. The molecule has 0 N–H and O–H groups in total. The quantitative estimate of drug-likeness (QED) is 0.603. The van der Waals surface area contributed by atoms with Gasteiger partial charge in [0.25, 0.3) is 0 Å². The maximum atomic E-state index is 12.1. The molecule has 2 nitrogen and oxygen atoms in total. The molecular weight excluding hydrogens is 224 g/mol. The fraction of sp³-hybridized carbons (Fsp3) is 0.500. The molecule has 2 rings (SSSR count). The van der Waals surface area contributed by atoms with E-state index in [1.807, 2.05) is 39.0 Å². The summed E-state index contributed by atoms with van der Waals surface area (Å²) >= 11 is 0. The van der Waals surface area contributed by atoms with Gasteiger partial charge in [0.05, 0.1) is 6.42 Å². The summed E-state index contributed by atoms with van der Waals surface area (Å²) in [7, 11) is 0. The molecule has 96 valence electrons. The zero-order valence-corrected chi connectivity index (χ0v) is 11.4. The van der Waals surface area contributed by atoms with Crippen LogP contribution in [0.2, 0.25) is 0 Å². The van der Waals surface area contributed by atoms with E-state index in [9.17, 15) is 9.59 Å². The second-order valence-electron chi connectivity index (χ2n) is 6.11. The van der Waals surface area contributed by atoms with E-state index in [2.05, 4.69) is 0 Å². The van der Waals surface area contributed by atoms with E-state index < -0.39 is 5.41 Å². The Morgan fingerprint density at radius 3 is 2.44 bits per heavy atom. The second kappa shape index (κ2) is 4.68. The highest BCUT2D eigenvalue weighted by Gasteiger charge is 2.24. The van der Waals surface area contributed by atoms with Crippen molar-refractivity contribution >= 4 is 11.6 Å². The Hall–Kier alpha value is -1.44. The summed E-state index contributed by atoms with van der Waals surface area (Å²) < 4.78 is 0. The number of fused-ring (bicyclic) bond motifs is 1. The fourth-order valence-corrected chi connectivity index (χ4v) is 2.26. The van der Waals surface area contributed by atoms with Gasteiger partial charge in [-0.25, -0.2) is 0 Å². The van der Waals surface area contributed by atoms with E-state index in [1.54, 1.807) is 0 Å². The normalized spacial score (nSPS) is 14.4. The third-order valence-electron chi connectivity index (χ3n) is 3.58. The lowest BCUT2D eigenvalue weighted by Crippen LogP contribution is -2.23. The van der Waals surface area contributed by atoms with E-state index >= 15 is 0 Å². The van der Waals surface area contributed by atoms with Gasteiger partial charge < -0.3 is 0 Å². The molecule has 0 amide bonds. The first-order valence-corrected chi connectivity index (χ1v) is 6.56. The smallest absolute Gasteiger partial charge is 0.170 e. The Balaban J connectivity index is 2.13. The molecule has 0 aliphatic heterocycles. The van der Waals surface area contributed by atoms with Crippen LogP contribution < -0.4 is 0 Å². The standard InChI is InChI=1S/C16H20O2/c1-16(2,3)15(18)10-14(17)13-8-7-11-5-4-6-12(11)9-13/h7-9H,4-6,10H2,1-3H3. The number of rotatable bonds is 3. The first-order valence-electron chi connectivity index (χ1n) is 6.56. The number of carbonyl (C=O) groups is 2. The van der Waals surface area contributed by atoms with Crippen LogP contribution in [0.15, 0.2) is 18.2 Å². The molecule has 0 saturated carbocycles. The predicted octanol–water partition coefficient (Wildman–Crippen LogP) is 3.36. The van der Waals surface area contributed by atoms with E-state index in [1.165, 1.54) is 17.5 Å². The van der Waals surface area contributed by atoms with Gasteiger partial charge in [0, 0.05) is 11.0 Å². The molecule has 0 heterocycles. The van der Waals surface area contributed by atoms with Gasteiger partial charge in [0.1, 0.15) is 5.78 Å². The molecule has 1 aromatic rings. The van der Waals surface area contributed by atoms with Crippen molar-refractivity contribution in [2.75, 3.05) is 0 Å². The lowest BCUT2D eigenvalue weighted by atomic mass is 9.87. The van der Waals surface area contributed by atoms with Gasteiger partial charge in [-0.3, -0.25) is 9.59 Å². The Morgan fingerprint density at radius 2 is 1.78 bits per heavy atom. The highest BCUT2D eigenvalue weighted by Crippen LogP contribution is 2.24. The Kier molecular flexibility index (Phi) is 3.38. The Bertz CT molecular complexity index is 492. The molecule has 0 spiro atoms. The average Bonchev–Trinajstić information content (AvgIpc) is 2.74. The van der Waals surface area contributed by atoms with Crippen LogP contribution in [0, 0.1) is 5.41 Å².